The highest BCUT2D eigenvalue weighted by Gasteiger charge is 2.16. The maximum atomic E-state index is 12.4. The van der Waals surface area contributed by atoms with Crippen LogP contribution in [-0.4, -0.2) is 67.2 Å². The van der Waals surface area contributed by atoms with Crippen LogP contribution in [0, 0.1) is 0 Å². The number of hydrogen-bond acceptors (Lipinski definition) is 4. The summed E-state index contributed by atoms with van der Waals surface area (Å²) in [5.41, 5.74) is 1.97. The second-order valence-corrected chi connectivity index (χ2v) is 7.14. The molecular weight excluding hydrogens is 314 g/mol. The summed E-state index contributed by atoms with van der Waals surface area (Å²) in [6.07, 6.45) is 0. The second kappa shape index (κ2) is 9.90. The number of amides is 1. The molecule has 0 radical (unpaired) electrons. The van der Waals surface area contributed by atoms with E-state index in [4.69, 9.17) is 4.74 Å². The number of hydrogen-bond donors (Lipinski definition) is 1. The van der Waals surface area contributed by atoms with Crippen LogP contribution in [0.3, 0.4) is 0 Å². The van der Waals surface area contributed by atoms with Crippen molar-refractivity contribution in [3.8, 4) is 0 Å². The lowest BCUT2D eigenvalue weighted by Crippen LogP contribution is -2.46. The molecule has 5 nitrogen and oxygen atoms in total. The molecule has 0 spiro atoms. The molecule has 0 aromatic heterocycles. The summed E-state index contributed by atoms with van der Waals surface area (Å²) < 4.78 is 5.36. The fraction of sp³-hybridized carbons (Fsp3) is 0.650. The van der Waals surface area contributed by atoms with Crippen molar-refractivity contribution in [3.05, 3.63) is 35.4 Å². The molecular formula is C20H33N3O2. The van der Waals surface area contributed by atoms with Crippen molar-refractivity contribution < 1.29 is 9.53 Å². The number of rotatable bonds is 8. The predicted molar refractivity (Wildman–Crippen MR) is 102 cm³/mol. The maximum absolute atomic E-state index is 12.4. The first-order valence-electron chi connectivity index (χ1n) is 9.43. The Hall–Kier alpha value is -1.43. The minimum Gasteiger partial charge on any atom is -0.379 e. The summed E-state index contributed by atoms with van der Waals surface area (Å²) in [4.78, 5) is 17.2. The lowest BCUT2D eigenvalue weighted by atomic mass is 10.1. The molecule has 5 heteroatoms. The van der Waals surface area contributed by atoms with Crippen molar-refractivity contribution in [1.29, 1.82) is 0 Å². The van der Waals surface area contributed by atoms with Crippen molar-refractivity contribution in [1.82, 2.24) is 15.1 Å². The maximum Gasteiger partial charge on any atom is 0.251 e. The van der Waals surface area contributed by atoms with Crippen LogP contribution >= 0.6 is 0 Å². The zero-order valence-corrected chi connectivity index (χ0v) is 16.1. The predicted octanol–water partition coefficient (Wildman–Crippen LogP) is 2.37. The molecule has 1 amide bonds. The number of ether oxygens (including phenoxy) is 1. The largest absolute Gasteiger partial charge is 0.379 e. The summed E-state index contributed by atoms with van der Waals surface area (Å²) in [7, 11) is 0. The molecule has 0 aliphatic carbocycles. The number of carbonyl (C=O) groups is 1. The van der Waals surface area contributed by atoms with Gasteiger partial charge in [0.1, 0.15) is 0 Å². The van der Waals surface area contributed by atoms with Crippen molar-refractivity contribution in [2.45, 2.75) is 46.3 Å². The third-order valence-corrected chi connectivity index (χ3v) is 4.75. The molecule has 0 bridgehead atoms. The van der Waals surface area contributed by atoms with Gasteiger partial charge in [-0.15, -0.1) is 0 Å². The van der Waals surface area contributed by atoms with Gasteiger partial charge in [-0.25, -0.2) is 0 Å². The average Bonchev–Trinajstić information content (AvgIpc) is 2.60. The Balaban J connectivity index is 1.84. The molecule has 1 aliphatic rings. The molecule has 1 N–H and O–H groups in total. The van der Waals surface area contributed by atoms with Gasteiger partial charge in [0.2, 0.25) is 0 Å². The van der Waals surface area contributed by atoms with Crippen LogP contribution in [0.4, 0.5) is 0 Å². The molecule has 1 saturated heterocycles. The highest BCUT2D eigenvalue weighted by Crippen LogP contribution is 2.10. The molecule has 1 fully saturated rings. The molecule has 25 heavy (non-hydrogen) atoms. The first-order valence-corrected chi connectivity index (χ1v) is 9.43. The van der Waals surface area contributed by atoms with Crippen LogP contribution in [-0.2, 0) is 11.3 Å². The molecule has 1 aromatic rings. The van der Waals surface area contributed by atoms with Crippen LogP contribution < -0.4 is 5.32 Å². The van der Waals surface area contributed by atoms with E-state index in [1.807, 2.05) is 12.1 Å². The third-order valence-electron chi connectivity index (χ3n) is 4.75. The van der Waals surface area contributed by atoms with E-state index in [1.165, 1.54) is 5.56 Å². The number of morpholine rings is 1. The third kappa shape index (κ3) is 6.42. The minimum absolute atomic E-state index is 0.00326. The molecule has 1 aliphatic heterocycles. The Morgan fingerprint density at radius 3 is 2.40 bits per heavy atom. The van der Waals surface area contributed by atoms with Gasteiger partial charge in [-0.05, 0) is 45.0 Å². The quantitative estimate of drug-likeness (QED) is 0.784. The molecule has 140 valence electrons. The van der Waals surface area contributed by atoms with Crippen molar-refractivity contribution in [2.75, 3.05) is 39.4 Å². The minimum atomic E-state index is 0.00326. The van der Waals surface area contributed by atoms with Gasteiger partial charge in [0.15, 0.2) is 0 Å². The van der Waals surface area contributed by atoms with Gasteiger partial charge in [-0.2, -0.15) is 0 Å². The van der Waals surface area contributed by atoms with E-state index in [-0.39, 0.29) is 11.9 Å². The molecule has 1 heterocycles. The van der Waals surface area contributed by atoms with E-state index in [1.54, 1.807) is 0 Å². The first-order chi connectivity index (χ1) is 12.0. The molecule has 2 rings (SSSR count). The standard InChI is InChI=1S/C20H33N3O2/c1-5-23(16(2)3)15-18-6-8-19(9-7-18)20(24)21-17(4)14-22-10-12-25-13-11-22/h6-9,16-17H,5,10-15H2,1-4H3,(H,21,24)/t17-/m0/s1. The zero-order chi connectivity index (χ0) is 18.2. The molecule has 0 saturated carbocycles. The molecule has 1 aromatic carbocycles. The van der Waals surface area contributed by atoms with Gasteiger partial charge in [0, 0.05) is 43.8 Å². The first kappa shape index (κ1) is 19.9. The number of carbonyl (C=O) groups excluding carboxylic acids is 1. The van der Waals surface area contributed by atoms with E-state index in [0.29, 0.717) is 6.04 Å². The van der Waals surface area contributed by atoms with Gasteiger partial charge < -0.3 is 10.1 Å². The van der Waals surface area contributed by atoms with Crippen molar-refractivity contribution in [2.24, 2.45) is 0 Å². The van der Waals surface area contributed by atoms with E-state index in [9.17, 15) is 4.79 Å². The van der Waals surface area contributed by atoms with E-state index >= 15 is 0 Å². The summed E-state index contributed by atoms with van der Waals surface area (Å²) in [5, 5.41) is 3.10. The number of nitrogens with one attached hydrogen (secondary N) is 1. The highest BCUT2D eigenvalue weighted by molar-refractivity contribution is 5.94. The Bertz CT molecular complexity index is 524. The lowest BCUT2D eigenvalue weighted by molar-refractivity contribution is 0.0342. The summed E-state index contributed by atoms with van der Waals surface area (Å²) in [6, 6.07) is 8.63. The zero-order valence-electron chi connectivity index (χ0n) is 16.1. The Kier molecular flexibility index (Phi) is 7.88. The fourth-order valence-corrected chi connectivity index (χ4v) is 3.18. The van der Waals surface area contributed by atoms with Gasteiger partial charge in [0.05, 0.1) is 13.2 Å². The topological polar surface area (TPSA) is 44.8 Å². The summed E-state index contributed by atoms with van der Waals surface area (Å²) in [6.45, 7) is 14.9. The number of nitrogens with zero attached hydrogens (tertiary/aromatic N) is 2. The molecule has 1 atom stereocenters. The second-order valence-electron chi connectivity index (χ2n) is 7.14. The Morgan fingerprint density at radius 1 is 1.20 bits per heavy atom. The number of benzene rings is 1. The lowest BCUT2D eigenvalue weighted by Gasteiger charge is -2.29. The van der Waals surface area contributed by atoms with Crippen LogP contribution in [0.1, 0.15) is 43.6 Å². The van der Waals surface area contributed by atoms with Gasteiger partial charge in [-0.3, -0.25) is 14.6 Å². The van der Waals surface area contributed by atoms with E-state index in [2.05, 4.69) is 54.9 Å². The SMILES string of the molecule is CCN(Cc1ccc(C(=O)N[C@@H](C)CN2CCOCC2)cc1)C(C)C. The van der Waals surface area contributed by atoms with Crippen LogP contribution in [0.5, 0.6) is 0 Å². The normalized spacial score (nSPS) is 17.0. The monoisotopic (exact) mass is 347 g/mol. The summed E-state index contributed by atoms with van der Waals surface area (Å²) in [5.74, 6) is 0.00326. The van der Waals surface area contributed by atoms with Crippen LogP contribution in [0.2, 0.25) is 0 Å². The average molecular weight is 348 g/mol. The summed E-state index contributed by atoms with van der Waals surface area (Å²) >= 11 is 0. The van der Waals surface area contributed by atoms with Gasteiger partial charge in [-0.1, -0.05) is 19.1 Å². The van der Waals surface area contributed by atoms with Crippen molar-refractivity contribution >= 4 is 5.91 Å². The van der Waals surface area contributed by atoms with E-state index < -0.39 is 0 Å². The highest BCUT2D eigenvalue weighted by atomic mass is 16.5. The van der Waals surface area contributed by atoms with Crippen molar-refractivity contribution in [3.63, 3.8) is 0 Å². The Morgan fingerprint density at radius 2 is 1.84 bits per heavy atom. The smallest absolute Gasteiger partial charge is 0.251 e. The van der Waals surface area contributed by atoms with Crippen LogP contribution in [0.15, 0.2) is 24.3 Å². The fourth-order valence-electron chi connectivity index (χ4n) is 3.18. The Labute approximate surface area is 152 Å². The van der Waals surface area contributed by atoms with E-state index in [0.717, 1.165) is 51.5 Å². The van der Waals surface area contributed by atoms with Gasteiger partial charge in [0.25, 0.3) is 5.91 Å². The molecule has 0 unspecified atom stereocenters. The van der Waals surface area contributed by atoms with Crippen LogP contribution in [0.25, 0.3) is 0 Å². The van der Waals surface area contributed by atoms with Gasteiger partial charge >= 0.3 is 0 Å².